The number of hydrogen-bond acceptors (Lipinski definition) is 4. The molecule has 5 nitrogen and oxygen atoms in total. The molecule has 8 heteroatoms. The predicted molar refractivity (Wildman–Crippen MR) is 76.8 cm³/mol. The maximum absolute atomic E-state index is 13.0. The van der Waals surface area contributed by atoms with E-state index in [1.54, 1.807) is 15.9 Å². The lowest BCUT2D eigenvalue weighted by Gasteiger charge is -2.36. The molecule has 1 heterocycles. The molecule has 0 radical (unpaired) electrons. The Balaban J connectivity index is 2.13. The second kappa shape index (κ2) is 6.87. The van der Waals surface area contributed by atoms with Crippen molar-refractivity contribution in [2.45, 2.75) is 6.18 Å². The lowest BCUT2D eigenvalue weighted by molar-refractivity contribution is -0.137. The minimum atomic E-state index is -4.57. The van der Waals surface area contributed by atoms with E-state index in [4.69, 9.17) is 10.00 Å². The summed E-state index contributed by atoms with van der Waals surface area (Å²) in [4.78, 5) is 15.1. The number of amides is 1. The Kier molecular flexibility index (Phi) is 5.11. The molecule has 1 fully saturated rings. The van der Waals surface area contributed by atoms with Gasteiger partial charge in [-0.25, -0.2) is 0 Å². The van der Waals surface area contributed by atoms with Gasteiger partial charge in [-0.1, -0.05) is 0 Å². The minimum absolute atomic E-state index is 0.00487. The fourth-order valence-electron chi connectivity index (χ4n) is 2.49. The van der Waals surface area contributed by atoms with Crippen molar-refractivity contribution in [2.24, 2.45) is 0 Å². The molecule has 2 rings (SSSR count). The van der Waals surface area contributed by atoms with Crippen LogP contribution in [0.5, 0.6) is 0 Å². The van der Waals surface area contributed by atoms with Crippen molar-refractivity contribution in [3.05, 3.63) is 29.3 Å². The van der Waals surface area contributed by atoms with Crippen molar-refractivity contribution >= 4 is 11.6 Å². The number of anilines is 1. The molecule has 23 heavy (non-hydrogen) atoms. The molecule has 0 saturated carbocycles. The number of carbonyl (C=O) groups excluding carboxylic acids is 1. The van der Waals surface area contributed by atoms with Gasteiger partial charge in [0.15, 0.2) is 0 Å². The summed E-state index contributed by atoms with van der Waals surface area (Å²) in [5.41, 5.74) is -0.930. The molecule has 124 valence electrons. The SMILES string of the molecule is COCC(=O)N1CCN(c2ccc(C#N)c(C(F)(F)F)c2)CC1. The van der Waals surface area contributed by atoms with Gasteiger partial charge < -0.3 is 14.5 Å². The monoisotopic (exact) mass is 327 g/mol. The van der Waals surface area contributed by atoms with Gasteiger partial charge in [0.05, 0.1) is 17.2 Å². The van der Waals surface area contributed by atoms with Crippen LogP contribution >= 0.6 is 0 Å². The summed E-state index contributed by atoms with van der Waals surface area (Å²) in [5.74, 6) is -0.136. The van der Waals surface area contributed by atoms with Crippen LogP contribution in [0.3, 0.4) is 0 Å². The first-order valence-electron chi connectivity index (χ1n) is 7.00. The van der Waals surface area contributed by atoms with Crippen molar-refractivity contribution in [1.29, 1.82) is 5.26 Å². The smallest absolute Gasteiger partial charge is 0.375 e. The van der Waals surface area contributed by atoms with E-state index in [2.05, 4.69) is 0 Å². The fourth-order valence-corrected chi connectivity index (χ4v) is 2.49. The van der Waals surface area contributed by atoms with E-state index in [0.717, 1.165) is 6.07 Å². The summed E-state index contributed by atoms with van der Waals surface area (Å²) in [6, 6.07) is 5.24. The maximum atomic E-state index is 13.0. The van der Waals surface area contributed by atoms with E-state index in [1.807, 2.05) is 0 Å². The average Bonchev–Trinajstić information content (AvgIpc) is 2.54. The first-order valence-corrected chi connectivity index (χ1v) is 7.00. The molecule has 1 saturated heterocycles. The standard InChI is InChI=1S/C15H16F3N3O2/c1-23-10-14(22)21-6-4-20(5-7-21)12-3-2-11(9-19)13(8-12)15(16,17)18/h2-3,8H,4-7,10H2,1H3. The summed E-state index contributed by atoms with van der Waals surface area (Å²) in [6.45, 7) is 1.69. The number of methoxy groups -OCH3 is 1. The maximum Gasteiger partial charge on any atom is 0.417 e. The summed E-state index contributed by atoms with van der Waals surface area (Å²) < 4.78 is 43.8. The van der Waals surface area contributed by atoms with Gasteiger partial charge in [0.1, 0.15) is 6.61 Å². The van der Waals surface area contributed by atoms with Gasteiger partial charge in [-0.3, -0.25) is 4.79 Å². The van der Waals surface area contributed by atoms with Crippen LogP contribution in [-0.4, -0.2) is 50.7 Å². The van der Waals surface area contributed by atoms with E-state index < -0.39 is 17.3 Å². The van der Waals surface area contributed by atoms with E-state index in [0.29, 0.717) is 31.9 Å². The molecule has 1 aromatic carbocycles. The van der Waals surface area contributed by atoms with Crippen molar-refractivity contribution in [2.75, 3.05) is 44.8 Å². The number of rotatable bonds is 3. The van der Waals surface area contributed by atoms with Crippen molar-refractivity contribution < 1.29 is 22.7 Å². The van der Waals surface area contributed by atoms with E-state index in [-0.39, 0.29) is 12.5 Å². The second-order valence-corrected chi connectivity index (χ2v) is 5.14. The summed E-state index contributed by atoms with van der Waals surface area (Å²) in [5, 5.41) is 8.81. The summed E-state index contributed by atoms with van der Waals surface area (Å²) >= 11 is 0. The Morgan fingerprint density at radius 2 is 1.96 bits per heavy atom. The first kappa shape index (κ1) is 17.1. The molecule has 1 aromatic rings. The zero-order valence-electron chi connectivity index (χ0n) is 12.6. The number of benzene rings is 1. The number of alkyl halides is 3. The molecule has 0 N–H and O–H groups in total. The summed E-state index contributed by atoms with van der Waals surface area (Å²) in [6.07, 6.45) is -4.57. The van der Waals surface area contributed by atoms with Crippen molar-refractivity contribution in [1.82, 2.24) is 4.90 Å². The highest BCUT2D eigenvalue weighted by Gasteiger charge is 2.34. The molecule has 0 aliphatic carbocycles. The molecule has 0 aromatic heterocycles. The van der Waals surface area contributed by atoms with Crippen molar-refractivity contribution in [3.8, 4) is 6.07 Å². The Morgan fingerprint density at radius 1 is 1.30 bits per heavy atom. The zero-order chi connectivity index (χ0) is 17.0. The van der Waals surface area contributed by atoms with Crippen LogP contribution in [0.4, 0.5) is 18.9 Å². The lowest BCUT2D eigenvalue weighted by atomic mass is 10.1. The highest BCUT2D eigenvalue weighted by Crippen LogP contribution is 2.34. The first-order chi connectivity index (χ1) is 10.9. The lowest BCUT2D eigenvalue weighted by Crippen LogP contribution is -2.49. The Labute approximate surface area is 131 Å². The molecule has 1 aliphatic rings. The largest absolute Gasteiger partial charge is 0.417 e. The van der Waals surface area contributed by atoms with Crippen LogP contribution in [0, 0.1) is 11.3 Å². The number of ether oxygens (including phenoxy) is 1. The van der Waals surface area contributed by atoms with Gasteiger partial charge in [-0.15, -0.1) is 0 Å². The minimum Gasteiger partial charge on any atom is -0.375 e. The Bertz CT molecular complexity index is 617. The Hall–Kier alpha value is -2.27. The van der Waals surface area contributed by atoms with E-state index >= 15 is 0 Å². The number of nitriles is 1. The van der Waals surface area contributed by atoms with Gasteiger partial charge in [0.2, 0.25) is 5.91 Å². The van der Waals surface area contributed by atoms with Gasteiger partial charge in [-0.05, 0) is 18.2 Å². The predicted octanol–water partition coefficient (Wildman–Crippen LogP) is 1.87. The van der Waals surface area contributed by atoms with Crippen molar-refractivity contribution in [3.63, 3.8) is 0 Å². The van der Waals surface area contributed by atoms with Gasteiger partial charge in [0.25, 0.3) is 0 Å². The quantitative estimate of drug-likeness (QED) is 0.850. The third-order valence-corrected chi connectivity index (χ3v) is 3.69. The molecular formula is C15H16F3N3O2. The van der Waals surface area contributed by atoms with E-state index in [9.17, 15) is 18.0 Å². The molecule has 1 aliphatic heterocycles. The number of halogens is 3. The summed E-state index contributed by atoms with van der Waals surface area (Å²) in [7, 11) is 1.43. The number of piperazine rings is 1. The van der Waals surface area contributed by atoms with Crippen LogP contribution in [0.15, 0.2) is 18.2 Å². The average molecular weight is 327 g/mol. The molecular weight excluding hydrogens is 311 g/mol. The van der Waals surface area contributed by atoms with Crippen LogP contribution in [0.2, 0.25) is 0 Å². The number of nitrogens with zero attached hydrogens (tertiary/aromatic N) is 3. The third kappa shape index (κ3) is 3.93. The molecule has 1 amide bonds. The highest BCUT2D eigenvalue weighted by molar-refractivity contribution is 5.77. The van der Waals surface area contributed by atoms with E-state index in [1.165, 1.54) is 19.2 Å². The van der Waals surface area contributed by atoms with Crippen LogP contribution in [0.1, 0.15) is 11.1 Å². The zero-order valence-corrected chi connectivity index (χ0v) is 12.6. The normalized spacial score (nSPS) is 15.4. The molecule has 0 spiro atoms. The topological polar surface area (TPSA) is 56.6 Å². The third-order valence-electron chi connectivity index (χ3n) is 3.69. The molecule has 0 bridgehead atoms. The molecule has 0 unspecified atom stereocenters. The number of carbonyl (C=O) groups is 1. The molecule has 0 atom stereocenters. The second-order valence-electron chi connectivity index (χ2n) is 5.14. The number of hydrogen-bond donors (Lipinski definition) is 0. The Morgan fingerprint density at radius 3 is 2.48 bits per heavy atom. The van der Waals surface area contributed by atoms with Gasteiger partial charge >= 0.3 is 6.18 Å². The van der Waals surface area contributed by atoms with Gasteiger partial charge in [-0.2, -0.15) is 18.4 Å². The van der Waals surface area contributed by atoms with Crippen LogP contribution in [-0.2, 0) is 15.7 Å². The highest BCUT2D eigenvalue weighted by atomic mass is 19.4. The van der Waals surface area contributed by atoms with Gasteiger partial charge in [0, 0.05) is 39.0 Å². The van der Waals surface area contributed by atoms with Crippen LogP contribution in [0.25, 0.3) is 0 Å². The fraction of sp³-hybridized carbons (Fsp3) is 0.467. The van der Waals surface area contributed by atoms with Crippen LogP contribution < -0.4 is 4.90 Å².